The van der Waals surface area contributed by atoms with Crippen molar-refractivity contribution in [2.24, 2.45) is 0 Å². The average Bonchev–Trinajstić information content (AvgIpc) is 2.73. The maximum absolute atomic E-state index is 10.2. The largest absolute Gasteiger partial charge is 0.338 e. The van der Waals surface area contributed by atoms with Gasteiger partial charge in [0.15, 0.2) is 0 Å². The number of halogens is 2. The Bertz CT molecular complexity index is 602. The molecule has 0 aliphatic rings. The molecular weight excluding hydrogens is 277 g/mol. The monoisotopic (exact) mass is 283 g/mol. The molecule has 0 unspecified atom stereocenters. The number of imidazole rings is 1. The molecule has 2 rings (SSSR count). The van der Waals surface area contributed by atoms with Crippen LogP contribution >= 0.6 is 23.2 Å². The van der Waals surface area contributed by atoms with E-state index in [-0.39, 0.29) is 0 Å². The molecule has 1 N–H and O–H groups in total. The van der Waals surface area contributed by atoms with Gasteiger partial charge in [0.05, 0.1) is 16.8 Å². The van der Waals surface area contributed by atoms with Crippen LogP contribution in [0.2, 0.25) is 10.0 Å². The van der Waals surface area contributed by atoms with Gasteiger partial charge in [-0.25, -0.2) is 4.98 Å². The van der Waals surface area contributed by atoms with Crippen molar-refractivity contribution >= 4 is 29.3 Å². The van der Waals surface area contributed by atoms with Gasteiger partial charge in [-0.3, -0.25) is 10.1 Å². The minimum Gasteiger partial charge on any atom is -0.338 e. The van der Waals surface area contributed by atoms with Crippen LogP contribution in [0.3, 0.4) is 0 Å². The van der Waals surface area contributed by atoms with Gasteiger partial charge in [-0.1, -0.05) is 23.2 Å². The number of aromatic amines is 1. The molecule has 1 aromatic heterocycles. The van der Waals surface area contributed by atoms with E-state index in [0.717, 1.165) is 6.20 Å². The van der Waals surface area contributed by atoms with Crippen LogP contribution in [0.5, 0.6) is 0 Å². The lowest BCUT2D eigenvalue weighted by atomic mass is 10.2. The molecule has 18 heavy (non-hydrogen) atoms. The summed E-state index contributed by atoms with van der Waals surface area (Å²) >= 11 is 11.8. The van der Waals surface area contributed by atoms with Crippen molar-refractivity contribution in [3.63, 3.8) is 0 Å². The maximum Gasteiger partial charge on any atom is 0.236 e. The molecule has 0 aliphatic heterocycles. The molecule has 0 aliphatic carbocycles. The molecule has 1 heterocycles. The highest BCUT2D eigenvalue weighted by molar-refractivity contribution is 6.35. The van der Waals surface area contributed by atoms with Gasteiger partial charge in [-0.05, 0) is 18.2 Å². The first-order valence-corrected chi connectivity index (χ1v) is 5.63. The van der Waals surface area contributed by atoms with Gasteiger partial charge in [0.1, 0.15) is 5.82 Å². The van der Waals surface area contributed by atoms with Crippen molar-refractivity contribution < 1.29 is 4.92 Å². The van der Waals surface area contributed by atoms with Crippen molar-refractivity contribution in [2.45, 2.75) is 0 Å². The van der Waals surface area contributed by atoms with E-state index in [2.05, 4.69) is 9.97 Å². The Morgan fingerprint density at radius 3 is 2.56 bits per heavy atom. The van der Waals surface area contributed by atoms with Crippen LogP contribution < -0.4 is 0 Å². The van der Waals surface area contributed by atoms with Crippen LogP contribution in [-0.4, -0.2) is 14.9 Å². The van der Waals surface area contributed by atoms with E-state index in [4.69, 9.17) is 23.2 Å². The quantitative estimate of drug-likeness (QED) is 0.691. The fraction of sp³-hybridized carbons (Fsp3) is 0. The molecule has 5 nitrogen and oxygen atoms in total. The van der Waals surface area contributed by atoms with Crippen LogP contribution in [0.15, 0.2) is 30.6 Å². The van der Waals surface area contributed by atoms with Gasteiger partial charge >= 0.3 is 0 Å². The van der Waals surface area contributed by atoms with E-state index in [1.807, 2.05) is 0 Å². The second kappa shape index (κ2) is 5.20. The smallest absolute Gasteiger partial charge is 0.236 e. The first kappa shape index (κ1) is 12.6. The second-order valence-corrected chi connectivity index (χ2v) is 4.32. The predicted octanol–water partition coefficient (Wildman–Crippen LogP) is 3.63. The Hall–Kier alpha value is -1.85. The van der Waals surface area contributed by atoms with Crippen LogP contribution in [0.4, 0.5) is 0 Å². The van der Waals surface area contributed by atoms with Crippen LogP contribution in [-0.2, 0) is 0 Å². The van der Waals surface area contributed by atoms with E-state index in [1.165, 1.54) is 12.3 Å². The molecule has 0 saturated carbocycles. The van der Waals surface area contributed by atoms with Crippen molar-refractivity contribution in [1.29, 1.82) is 0 Å². The summed E-state index contributed by atoms with van der Waals surface area (Å²) in [6, 6.07) is 5.02. The van der Waals surface area contributed by atoms with Crippen molar-refractivity contribution in [3.8, 4) is 11.4 Å². The third kappa shape index (κ3) is 3.09. The number of hydrogen-bond acceptors (Lipinski definition) is 3. The topological polar surface area (TPSA) is 71.8 Å². The number of rotatable bonds is 3. The van der Waals surface area contributed by atoms with Gasteiger partial charge in [-0.2, -0.15) is 0 Å². The van der Waals surface area contributed by atoms with Crippen LogP contribution in [0.1, 0.15) is 5.69 Å². The molecule has 2 aromatic rings. The molecule has 0 bridgehead atoms. The van der Waals surface area contributed by atoms with Crippen molar-refractivity contribution in [2.75, 3.05) is 0 Å². The van der Waals surface area contributed by atoms with Gasteiger partial charge in [0, 0.05) is 21.7 Å². The van der Waals surface area contributed by atoms with Gasteiger partial charge < -0.3 is 4.98 Å². The number of hydrogen-bond donors (Lipinski definition) is 1. The third-order valence-corrected chi connectivity index (χ3v) is 2.54. The van der Waals surface area contributed by atoms with Crippen molar-refractivity contribution in [3.05, 3.63) is 56.4 Å². The van der Waals surface area contributed by atoms with Gasteiger partial charge in [0.2, 0.25) is 6.20 Å². The minimum atomic E-state index is -0.545. The Balaban J connectivity index is 2.32. The standard InChI is InChI=1S/C11H7Cl2N3O2/c12-8-3-7(4-9(13)5-8)11-14-6-10(15-11)1-2-16(17)18/h1-6H,(H,14,15)/b2-1+. The van der Waals surface area contributed by atoms with E-state index in [9.17, 15) is 10.1 Å². The summed E-state index contributed by atoms with van der Waals surface area (Å²) in [6.07, 6.45) is 3.65. The molecule has 1 aromatic carbocycles. The number of benzene rings is 1. The first-order valence-electron chi connectivity index (χ1n) is 4.88. The highest BCUT2D eigenvalue weighted by Crippen LogP contribution is 2.25. The van der Waals surface area contributed by atoms with Crippen LogP contribution in [0.25, 0.3) is 17.5 Å². The summed E-state index contributed by atoms with van der Waals surface area (Å²) in [5.74, 6) is 0.544. The minimum absolute atomic E-state index is 0.497. The average molecular weight is 284 g/mol. The molecule has 92 valence electrons. The first-order chi connectivity index (χ1) is 8.54. The fourth-order valence-corrected chi connectivity index (χ4v) is 1.92. The second-order valence-electron chi connectivity index (χ2n) is 3.45. The Kier molecular flexibility index (Phi) is 3.64. The molecule has 0 saturated heterocycles. The summed E-state index contributed by atoms with van der Waals surface area (Å²) in [5.41, 5.74) is 1.24. The SMILES string of the molecule is O=[N+]([O-])/C=C/c1cnc(-c2cc(Cl)cc(Cl)c2)[nH]1. The fourth-order valence-electron chi connectivity index (χ4n) is 1.40. The highest BCUT2D eigenvalue weighted by Gasteiger charge is 2.05. The van der Waals surface area contributed by atoms with Gasteiger partial charge in [-0.15, -0.1) is 0 Å². The number of aromatic nitrogens is 2. The lowest BCUT2D eigenvalue weighted by Gasteiger charge is -1.99. The Labute approximate surface area is 112 Å². The number of nitro groups is 1. The molecule has 0 spiro atoms. The molecule has 0 radical (unpaired) electrons. The summed E-state index contributed by atoms with van der Waals surface area (Å²) in [6.45, 7) is 0. The molecule has 7 heteroatoms. The summed E-state index contributed by atoms with van der Waals surface area (Å²) < 4.78 is 0. The zero-order valence-electron chi connectivity index (χ0n) is 8.93. The van der Waals surface area contributed by atoms with E-state index < -0.39 is 4.92 Å². The zero-order chi connectivity index (χ0) is 13.1. The summed E-state index contributed by atoms with van der Waals surface area (Å²) in [5, 5.41) is 11.2. The molecule has 0 amide bonds. The summed E-state index contributed by atoms with van der Waals surface area (Å²) in [7, 11) is 0. The number of nitrogens with one attached hydrogen (secondary N) is 1. The van der Waals surface area contributed by atoms with Gasteiger partial charge in [0.25, 0.3) is 0 Å². The third-order valence-electron chi connectivity index (χ3n) is 2.11. The normalized spacial score (nSPS) is 11.0. The number of H-pyrrole nitrogens is 1. The van der Waals surface area contributed by atoms with E-state index >= 15 is 0 Å². The predicted molar refractivity (Wildman–Crippen MR) is 70.1 cm³/mol. The maximum atomic E-state index is 10.2. The Morgan fingerprint density at radius 1 is 1.28 bits per heavy atom. The molecule has 0 atom stereocenters. The van der Waals surface area contributed by atoms with Crippen molar-refractivity contribution in [1.82, 2.24) is 9.97 Å². The van der Waals surface area contributed by atoms with E-state index in [0.29, 0.717) is 27.1 Å². The lowest BCUT2D eigenvalue weighted by molar-refractivity contribution is -0.401. The Morgan fingerprint density at radius 2 is 1.94 bits per heavy atom. The lowest BCUT2D eigenvalue weighted by Crippen LogP contribution is -1.83. The van der Waals surface area contributed by atoms with E-state index in [1.54, 1.807) is 18.2 Å². The zero-order valence-corrected chi connectivity index (χ0v) is 10.4. The molecular formula is C11H7Cl2N3O2. The van der Waals surface area contributed by atoms with Crippen LogP contribution in [0, 0.1) is 10.1 Å². The molecule has 0 fully saturated rings. The highest BCUT2D eigenvalue weighted by atomic mass is 35.5. The number of nitrogens with zero attached hydrogens (tertiary/aromatic N) is 2. The summed E-state index contributed by atoms with van der Waals surface area (Å²) in [4.78, 5) is 16.7.